The molecule has 0 aliphatic rings. The Hall–Kier alpha value is -2.35. The lowest BCUT2D eigenvalue weighted by molar-refractivity contribution is -0.120. The molecule has 0 saturated heterocycles. The molecular weight excluding hydrogens is 422 g/mol. The summed E-state index contributed by atoms with van der Waals surface area (Å²) in [5, 5.41) is 6.41. The van der Waals surface area contributed by atoms with Gasteiger partial charge in [0.1, 0.15) is 23.1 Å². The van der Waals surface area contributed by atoms with E-state index in [1.807, 2.05) is 29.6 Å². The van der Waals surface area contributed by atoms with Gasteiger partial charge in [-0.15, -0.1) is 11.3 Å². The minimum Gasteiger partial charge on any atom is -0.486 e. The van der Waals surface area contributed by atoms with Crippen molar-refractivity contribution in [3.63, 3.8) is 0 Å². The van der Waals surface area contributed by atoms with Crippen molar-refractivity contribution in [3.8, 4) is 5.75 Å². The molecule has 1 unspecified atom stereocenters. The number of amides is 1. The van der Waals surface area contributed by atoms with Gasteiger partial charge in [-0.05, 0) is 49.5 Å². The first kappa shape index (κ1) is 22.3. The second-order valence-electron chi connectivity index (χ2n) is 6.71. The number of likely N-dealkylation sites (N-methyl/N-ethyl adjacent to an activating group) is 1. The van der Waals surface area contributed by atoms with Gasteiger partial charge in [-0.25, -0.2) is 4.98 Å². The van der Waals surface area contributed by atoms with Crippen LogP contribution in [0, 0.1) is 0 Å². The first-order valence-corrected chi connectivity index (χ1v) is 11.2. The average Bonchev–Trinajstić information content (AvgIpc) is 3.43. The molecule has 6 nitrogen and oxygen atoms in total. The minimum absolute atomic E-state index is 0.0118. The van der Waals surface area contributed by atoms with Gasteiger partial charge < -0.3 is 14.5 Å². The number of ether oxygens (including phenoxy) is 1. The fraction of sp³-hybridized carbons (Fsp3) is 0.364. The maximum Gasteiger partial charge on any atom is 0.226 e. The van der Waals surface area contributed by atoms with E-state index in [1.54, 1.807) is 18.4 Å². The molecule has 1 atom stereocenters. The van der Waals surface area contributed by atoms with Crippen molar-refractivity contribution in [1.29, 1.82) is 0 Å². The summed E-state index contributed by atoms with van der Waals surface area (Å²) in [6.45, 7) is 6.80. The lowest BCUT2D eigenvalue weighted by Gasteiger charge is -2.28. The Morgan fingerprint density at radius 2 is 2.03 bits per heavy atom. The predicted octanol–water partition coefficient (Wildman–Crippen LogP) is 4.71. The summed E-state index contributed by atoms with van der Waals surface area (Å²) in [6, 6.07) is 11.0. The Balaban J connectivity index is 1.50. The second kappa shape index (κ2) is 11.2. The number of thiazole rings is 1. The van der Waals surface area contributed by atoms with Crippen LogP contribution in [-0.2, 0) is 17.8 Å². The highest BCUT2D eigenvalue weighted by Gasteiger charge is 2.21. The number of nitrogens with one attached hydrogen (secondary N) is 1. The van der Waals surface area contributed by atoms with E-state index < -0.39 is 0 Å². The number of hydrogen-bond donors (Lipinski definition) is 1. The zero-order chi connectivity index (χ0) is 21.3. The van der Waals surface area contributed by atoms with E-state index >= 15 is 0 Å². The standard InChI is InChI=1S/C22H26ClN3O3S/c1-3-26(4-2)19(20-6-5-11-28-20)13-24-21(27)12-17-15-30-22(25-17)14-29-18-9-7-16(23)8-10-18/h5-11,15,19H,3-4,12-14H2,1-2H3,(H,24,27). The largest absolute Gasteiger partial charge is 0.486 e. The Bertz CT molecular complexity index is 908. The van der Waals surface area contributed by atoms with Gasteiger partial charge in [0.15, 0.2) is 0 Å². The number of aromatic nitrogens is 1. The molecule has 2 heterocycles. The van der Waals surface area contributed by atoms with Gasteiger partial charge in [-0.1, -0.05) is 25.4 Å². The Morgan fingerprint density at radius 3 is 2.70 bits per heavy atom. The van der Waals surface area contributed by atoms with Crippen molar-refractivity contribution in [2.75, 3.05) is 19.6 Å². The number of nitrogens with zero attached hydrogens (tertiary/aromatic N) is 2. The van der Waals surface area contributed by atoms with Crippen LogP contribution in [0.3, 0.4) is 0 Å². The molecule has 0 spiro atoms. The minimum atomic E-state index is -0.0609. The molecule has 0 aliphatic heterocycles. The van der Waals surface area contributed by atoms with Gasteiger partial charge in [-0.2, -0.15) is 0 Å². The van der Waals surface area contributed by atoms with Crippen LogP contribution in [0.5, 0.6) is 5.75 Å². The SMILES string of the molecule is CCN(CC)C(CNC(=O)Cc1csc(COc2ccc(Cl)cc2)n1)c1ccco1. The second-order valence-corrected chi connectivity index (χ2v) is 8.09. The van der Waals surface area contributed by atoms with Gasteiger partial charge in [0.05, 0.1) is 24.4 Å². The highest BCUT2D eigenvalue weighted by Crippen LogP contribution is 2.21. The molecule has 1 N–H and O–H groups in total. The molecule has 0 aliphatic carbocycles. The van der Waals surface area contributed by atoms with E-state index in [1.165, 1.54) is 11.3 Å². The number of halogens is 1. The number of carbonyl (C=O) groups excluding carboxylic acids is 1. The number of benzene rings is 1. The topological polar surface area (TPSA) is 67.6 Å². The third-order valence-corrected chi connectivity index (χ3v) is 5.86. The Morgan fingerprint density at radius 1 is 1.27 bits per heavy atom. The maximum atomic E-state index is 12.5. The molecule has 0 bridgehead atoms. The van der Waals surface area contributed by atoms with Gasteiger partial charge in [0.2, 0.25) is 5.91 Å². The first-order valence-electron chi connectivity index (χ1n) is 9.94. The molecule has 1 aromatic carbocycles. The molecule has 3 rings (SSSR count). The number of hydrogen-bond acceptors (Lipinski definition) is 6. The normalized spacial score (nSPS) is 12.1. The van der Waals surface area contributed by atoms with Crippen LogP contribution in [0.15, 0.2) is 52.5 Å². The van der Waals surface area contributed by atoms with Crippen LogP contribution in [0.2, 0.25) is 5.02 Å². The van der Waals surface area contributed by atoms with Gasteiger partial charge in [0, 0.05) is 16.9 Å². The van der Waals surface area contributed by atoms with Crippen molar-refractivity contribution in [3.05, 3.63) is 69.5 Å². The molecule has 1 amide bonds. The number of rotatable bonds is 11. The van der Waals surface area contributed by atoms with E-state index in [9.17, 15) is 4.79 Å². The molecule has 0 radical (unpaired) electrons. The van der Waals surface area contributed by atoms with E-state index in [2.05, 4.69) is 29.0 Å². The summed E-state index contributed by atoms with van der Waals surface area (Å²) in [7, 11) is 0. The van der Waals surface area contributed by atoms with E-state index in [0.717, 1.165) is 35.3 Å². The van der Waals surface area contributed by atoms with Gasteiger partial charge in [-0.3, -0.25) is 9.69 Å². The quantitative estimate of drug-likeness (QED) is 0.461. The summed E-state index contributed by atoms with van der Waals surface area (Å²) < 4.78 is 11.3. The summed E-state index contributed by atoms with van der Waals surface area (Å²) in [5.74, 6) is 1.53. The summed E-state index contributed by atoms with van der Waals surface area (Å²) in [5.41, 5.74) is 0.740. The van der Waals surface area contributed by atoms with Crippen LogP contribution < -0.4 is 10.1 Å². The molecule has 0 saturated carbocycles. The molecule has 2 aromatic heterocycles. The smallest absolute Gasteiger partial charge is 0.226 e. The molecule has 3 aromatic rings. The molecule has 30 heavy (non-hydrogen) atoms. The molecule has 160 valence electrons. The molecule has 0 fully saturated rings. The monoisotopic (exact) mass is 447 g/mol. The lowest BCUT2D eigenvalue weighted by Crippen LogP contribution is -2.38. The van der Waals surface area contributed by atoms with E-state index in [-0.39, 0.29) is 18.4 Å². The highest BCUT2D eigenvalue weighted by molar-refractivity contribution is 7.09. The van der Waals surface area contributed by atoms with Gasteiger partial charge >= 0.3 is 0 Å². The first-order chi connectivity index (χ1) is 14.6. The Labute approximate surface area is 185 Å². The van der Waals surface area contributed by atoms with Crippen molar-refractivity contribution in [1.82, 2.24) is 15.2 Å². The predicted molar refractivity (Wildman–Crippen MR) is 119 cm³/mol. The van der Waals surface area contributed by atoms with Crippen LogP contribution in [-0.4, -0.2) is 35.4 Å². The third kappa shape index (κ3) is 6.32. The zero-order valence-electron chi connectivity index (χ0n) is 17.1. The van der Waals surface area contributed by atoms with Crippen LogP contribution in [0.4, 0.5) is 0 Å². The number of carbonyl (C=O) groups is 1. The van der Waals surface area contributed by atoms with Crippen LogP contribution >= 0.6 is 22.9 Å². The number of furan rings is 1. The third-order valence-electron chi connectivity index (χ3n) is 4.73. The van der Waals surface area contributed by atoms with Crippen LogP contribution in [0.1, 0.15) is 36.4 Å². The average molecular weight is 448 g/mol. The fourth-order valence-corrected chi connectivity index (χ4v) is 4.00. The highest BCUT2D eigenvalue weighted by atomic mass is 35.5. The summed E-state index contributed by atoms with van der Waals surface area (Å²) in [6.07, 6.45) is 1.90. The Kier molecular flexibility index (Phi) is 8.30. The van der Waals surface area contributed by atoms with Crippen molar-refractivity contribution in [2.24, 2.45) is 0 Å². The van der Waals surface area contributed by atoms with Gasteiger partial charge in [0.25, 0.3) is 0 Å². The molecular formula is C22H26ClN3O3S. The van der Waals surface area contributed by atoms with Crippen molar-refractivity contribution >= 4 is 28.8 Å². The van der Waals surface area contributed by atoms with E-state index in [4.69, 9.17) is 20.8 Å². The van der Waals surface area contributed by atoms with Crippen molar-refractivity contribution in [2.45, 2.75) is 32.9 Å². The fourth-order valence-electron chi connectivity index (χ4n) is 3.16. The summed E-state index contributed by atoms with van der Waals surface area (Å²) >= 11 is 7.36. The molecule has 8 heteroatoms. The van der Waals surface area contributed by atoms with Crippen LogP contribution in [0.25, 0.3) is 0 Å². The maximum absolute atomic E-state index is 12.5. The lowest BCUT2D eigenvalue weighted by atomic mass is 10.1. The summed E-state index contributed by atoms with van der Waals surface area (Å²) in [4.78, 5) is 19.2. The van der Waals surface area contributed by atoms with Crippen molar-refractivity contribution < 1.29 is 13.9 Å². The zero-order valence-corrected chi connectivity index (χ0v) is 18.7. The van der Waals surface area contributed by atoms with E-state index in [0.29, 0.717) is 18.2 Å².